The Bertz CT molecular complexity index is 699. The number of nitrogens with zero attached hydrogens (tertiary/aromatic N) is 2. The Labute approximate surface area is 151 Å². The molecule has 2 aromatic rings. The minimum atomic E-state index is 0.346. The fourth-order valence-corrected chi connectivity index (χ4v) is 2.75. The molecule has 24 heavy (non-hydrogen) atoms. The molecule has 0 spiro atoms. The second-order valence-corrected chi connectivity index (χ2v) is 6.26. The van der Waals surface area contributed by atoms with Crippen molar-refractivity contribution in [3.05, 3.63) is 63.6 Å². The molecule has 6 heteroatoms. The Kier molecular flexibility index (Phi) is 5.96. The SMILES string of the molecule is Clc1ccc(CO/N=C/c2ccc(N3CCOCC3)cc2)cc1Cl. The molecule has 0 atom stereocenters. The van der Waals surface area contributed by atoms with E-state index in [4.69, 9.17) is 32.8 Å². The van der Waals surface area contributed by atoms with Crippen LogP contribution in [0.2, 0.25) is 10.0 Å². The molecule has 1 heterocycles. The molecular formula is C18H18Cl2N2O2. The van der Waals surface area contributed by atoms with Crippen LogP contribution in [0.4, 0.5) is 5.69 Å². The highest BCUT2D eigenvalue weighted by Crippen LogP contribution is 2.23. The van der Waals surface area contributed by atoms with Crippen molar-refractivity contribution in [2.24, 2.45) is 5.16 Å². The van der Waals surface area contributed by atoms with Gasteiger partial charge in [0.15, 0.2) is 0 Å². The van der Waals surface area contributed by atoms with Gasteiger partial charge in [-0.1, -0.05) is 46.6 Å². The maximum Gasteiger partial charge on any atom is 0.142 e. The van der Waals surface area contributed by atoms with Gasteiger partial charge in [0, 0.05) is 18.8 Å². The van der Waals surface area contributed by atoms with E-state index in [2.05, 4.69) is 22.2 Å². The standard InChI is InChI=1S/C18H18Cl2N2O2/c19-17-6-3-15(11-18(17)20)13-24-21-12-14-1-4-16(5-2-14)22-7-9-23-10-8-22/h1-6,11-12H,7-10,13H2/b21-12+. The van der Waals surface area contributed by atoms with E-state index in [0.29, 0.717) is 16.7 Å². The van der Waals surface area contributed by atoms with Crippen LogP contribution in [0, 0.1) is 0 Å². The Hall–Kier alpha value is -1.75. The first-order valence-electron chi connectivity index (χ1n) is 7.74. The molecule has 0 bridgehead atoms. The molecule has 1 saturated heterocycles. The van der Waals surface area contributed by atoms with Crippen molar-refractivity contribution in [3.8, 4) is 0 Å². The van der Waals surface area contributed by atoms with Gasteiger partial charge in [-0.15, -0.1) is 0 Å². The zero-order chi connectivity index (χ0) is 16.8. The third kappa shape index (κ3) is 4.63. The predicted molar refractivity (Wildman–Crippen MR) is 98.3 cm³/mol. The van der Waals surface area contributed by atoms with E-state index in [1.807, 2.05) is 18.2 Å². The van der Waals surface area contributed by atoms with Gasteiger partial charge < -0.3 is 14.5 Å². The number of benzene rings is 2. The molecule has 1 aliphatic heterocycles. The third-order valence-electron chi connectivity index (χ3n) is 3.76. The van der Waals surface area contributed by atoms with Gasteiger partial charge >= 0.3 is 0 Å². The molecule has 1 aliphatic rings. The molecule has 0 unspecified atom stereocenters. The monoisotopic (exact) mass is 364 g/mol. The van der Waals surface area contributed by atoms with Crippen molar-refractivity contribution in [1.82, 2.24) is 0 Å². The fraction of sp³-hybridized carbons (Fsp3) is 0.278. The Balaban J connectivity index is 1.51. The molecule has 3 rings (SSSR count). The van der Waals surface area contributed by atoms with Gasteiger partial charge in [-0.3, -0.25) is 0 Å². The van der Waals surface area contributed by atoms with Gasteiger partial charge in [-0.25, -0.2) is 0 Å². The summed E-state index contributed by atoms with van der Waals surface area (Å²) in [7, 11) is 0. The lowest BCUT2D eigenvalue weighted by molar-refractivity contribution is 0.122. The van der Waals surface area contributed by atoms with Crippen molar-refractivity contribution in [1.29, 1.82) is 0 Å². The van der Waals surface area contributed by atoms with E-state index in [1.165, 1.54) is 5.69 Å². The number of anilines is 1. The molecule has 2 aromatic carbocycles. The van der Waals surface area contributed by atoms with Crippen LogP contribution in [-0.2, 0) is 16.2 Å². The molecule has 0 saturated carbocycles. The molecule has 126 valence electrons. The topological polar surface area (TPSA) is 34.1 Å². The number of oxime groups is 1. The number of halogens is 2. The van der Waals surface area contributed by atoms with Crippen LogP contribution >= 0.6 is 23.2 Å². The van der Waals surface area contributed by atoms with Crippen molar-refractivity contribution < 1.29 is 9.57 Å². The minimum absolute atomic E-state index is 0.346. The van der Waals surface area contributed by atoms with E-state index in [1.54, 1.807) is 18.3 Å². The van der Waals surface area contributed by atoms with E-state index in [-0.39, 0.29) is 0 Å². The van der Waals surface area contributed by atoms with Gasteiger partial charge in [-0.05, 0) is 35.4 Å². The molecule has 0 aliphatic carbocycles. The van der Waals surface area contributed by atoms with Gasteiger partial charge in [-0.2, -0.15) is 0 Å². The summed E-state index contributed by atoms with van der Waals surface area (Å²) >= 11 is 11.8. The van der Waals surface area contributed by atoms with Crippen LogP contribution in [0.25, 0.3) is 0 Å². The molecular weight excluding hydrogens is 347 g/mol. The maximum atomic E-state index is 5.96. The summed E-state index contributed by atoms with van der Waals surface area (Å²) in [4.78, 5) is 7.62. The summed E-state index contributed by atoms with van der Waals surface area (Å²) < 4.78 is 5.37. The average Bonchev–Trinajstić information content (AvgIpc) is 2.63. The Morgan fingerprint density at radius 2 is 1.79 bits per heavy atom. The Morgan fingerprint density at radius 3 is 2.50 bits per heavy atom. The number of ether oxygens (including phenoxy) is 1. The number of hydrogen-bond donors (Lipinski definition) is 0. The molecule has 1 fully saturated rings. The first-order valence-corrected chi connectivity index (χ1v) is 8.50. The summed E-state index contributed by atoms with van der Waals surface area (Å²) in [5, 5.41) is 5.04. The number of morpholine rings is 1. The fourth-order valence-electron chi connectivity index (χ4n) is 2.43. The second kappa shape index (κ2) is 8.38. The van der Waals surface area contributed by atoms with Gasteiger partial charge in [0.1, 0.15) is 6.61 Å². The smallest absolute Gasteiger partial charge is 0.142 e. The lowest BCUT2D eigenvalue weighted by atomic mass is 10.2. The first kappa shape index (κ1) is 17.1. The Morgan fingerprint density at radius 1 is 1.04 bits per heavy atom. The summed E-state index contributed by atoms with van der Waals surface area (Å²) in [6.45, 7) is 3.77. The van der Waals surface area contributed by atoms with Crippen molar-refractivity contribution in [2.75, 3.05) is 31.2 Å². The average molecular weight is 365 g/mol. The van der Waals surface area contributed by atoms with Gasteiger partial charge in [0.2, 0.25) is 0 Å². The van der Waals surface area contributed by atoms with Crippen molar-refractivity contribution in [3.63, 3.8) is 0 Å². The quantitative estimate of drug-likeness (QED) is 0.583. The number of hydrogen-bond acceptors (Lipinski definition) is 4. The zero-order valence-electron chi connectivity index (χ0n) is 13.1. The molecule has 0 amide bonds. The van der Waals surface area contributed by atoms with Crippen LogP contribution in [0.15, 0.2) is 47.6 Å². The molecule has 0 aromatic heterocycles. The van der Waals surface area contributed by atoms with Crippen LogP contribution in [0.5, 0.6) is 0 Å². The van der Waals surface area contributed by atoms with Gasteiger partial charge in [0.25, 0.3) is 0 Å². The highest BCUT2D eigenvalue weighted by atomic mass is 35.5. The van der Waals surface area contributed by atoms with E-state index >= 15 is 0 Å². The molecule has 4 nitrogen and oxygen atoms in total. The van der Waals surface area contributed by atoms with Crippen molar-refractivity contribution in [2.45, 2.75) is 6.61 Å². The van der Waals surface area contributed by atoms with Crippen LogP contribution in [0.3, 0.4) is 0 Å². The van der Waals surface area contributed by atoms with E-state index in [9.17, 15) is 0 Å². The summed E-state index contributed by atoms with van der Waals surface area (Å²) in [5.74, 6) is 0. The molecule has 0 N–H and O–H groups in total. The number of rotatable bonds is 5. The normalized spacial score (nSPS) is 15.0. The third-order valence-corrected chi connectivity index (χ3v) is 4.50. The van der Waals surface area contributed by atoms with Crippen LogP contribution in [-0.4, -0.2) is 32.5 Å². The predicted octanol–water partition coefficient (Wildman–Crippen LogP) is 4.38. The lowest BCUT2D eigenvalue weighted by Gasteiger charge is -2.28. The second-order valence-electron chi connectivity index (χ2n) is 5.45. The largest absolute Gasteiger partial charge is 0.391 e. The molecule has 0 radical (unpaired) electrons. The lowest BCUT2D eigenvalue weighted by Crippen LogP contribution is -2.36. The summed E-state index contributed by atoms with van der Waals surface area (Å²) in [5.41, 5.74) is 3.11. The van der Waals surface area contributed by atoms with E-state index in [0.717, 1.165) is 37.4 Å². The van der Waals surface area contributed by atoms with Crippen LogP contribution in [0.1, 0.15) is 11.1 Å². The summed E-state index contributed by atoms with van der Waals surface area (Å²) in [6.07, 6.45) is 1.70. The summed E-state index contributed by atoms with van der Waals surface area (Å²) in [6, 6.07) is 13.6. The van der Waals surface area contributed by atoms with Crippen LogP contribution < -0.4 is 4.90 Å². The highest BCUT2D eigenvalue weighted by molar-refractivity contribution is 6.42. The van der Waals surface area contributed by atoms with Crippen molar-refractivity contribution >= 4 is 35.1 Å². The minimum Gasteiger partial charge on any atom is -0.391 e. The van der Waals surface area contributed by atoms with Gasteiger partial charge in [0.05, 0.1) is 29.5 Å². The van der Waals surface area contributed by atoms with E-state index < -0.39 is 0 Å². The maximum absolute atomic E-state index is 5.96. The zero-order valence-corrected chi connectivity index (χ0v) is 14.6. The first-order chi connectivity index (χ1) is 11.7. The highest BCUT2D eigenvalue weighted by Gasteiger charge is 2.10.